The smallest absolute Gasteiger partial charge is 0.0717 e. The molecule has 0 fully saturated rings. The zero-order valence-corrected chi connectivity index (χ0v) is 11.6. The molecule has 1 heterocycles. The highest BCUT2D eigenvalue weighted by Gasteiger charge is 2.05. The Kier molecular flexibility index (Phi) is 3.81. The van der Waals surface area contributed by atoms with E-state index in [9.17, 15) is 0 Å². The third-order valence-electron chi connectivity index (χ3n) is 3.08. The van der Waals surface area contributed by atoms with Gasteiger partial charge in [-0.05, 0) is 35.9 Å². The standard InChI is InChI=1S/C16H14ClN3/c17-16-12(8-9-15-14(16)7-4-10-18-15)11-19-20-13-5-2-1-3-6-13/h1-10,19-20H,11H2. The van der Waals surface area contributed by atoms with E-state index in [0.717, 1.165) is 27.2 Å². The molecule has 0 unspecified atom stereocenters. The number of nitrogens with zero attached hydrogens (tertiary/aromatic N) is 1. The average Bonchev–Trinajstić information content (AvgIpc) is 2.51. The Morgan fingerprint density at radius 3 is 2.65 bits per heavy atom. The molecule has 4 heteroatoms. The largest absolute Gasteiger partial charge is 0.321 e. The molecule has 0 saturated carbocycles. The van der Waals surface area contributed by atoms with Crippen molar-refractivity contribution >= 4 is 28.2 Å². The van der Waals surface area contributed by atoms with Crippen LogP contribution in [0.4, 0.5) is 5.69 Å². The molecular weight excluding hydrogens is 270 g/mol. The first-order valence-electron chi connectivity index (χ1n) is 6.40. The first kappa shape index (κ1) is 12.9. The molecule has 1 aromatic heterocycles. The molecular formula is C16H14ClN3. The van der Waals surface area contributed by atoms with Crippen LogP contribution >= 0.6 is 11.6 Å². The van der Waals surface area contributed by atoms with Crippen LogP contribution in [0.3, 0.4) is 0 Å². The highest BCUT2D eigenvalue weighted by Crippen LogP contribution is 2.25. The summed E-state index contributed by atoms with van der Waals surface area (Å²) in [5.74, 6) is 0. The van der Waals surface area contributed by atoms with E-state index in [1.54, 1.807) is 6.20 Å². The van der Waals surface area contributed by atoms with Gasteiger partial charge in [-0.1, -0.05) is 35.9 Å². The van der Waals surface area contributed by atoms with E-state index >= 15 is 0 Å². The quantitative estimate of drug-likeness (QED) is 0.711. The summed E-state index contributed by atoms with van der Waals surface area (Å²) in [7, 11) is 0. The van der Waals surface area contributed by atoms with Crippen LogP contribution in [0.5, 0.6) is 0 Å². The molecule has 0 aliphatic rings. The van der Waals surface area contributed by atoms with Gasteiger partial charge in [0.15, 0.2) is 0 Å². The Bertz CT molecular complexity index is 713. The number of nitrogens with one attached hydrogen (secondary N) is 2. The van der Waals surface area contributed by atoms with Gasteiger partial charge in [0.25, 0.3) is 0 Å². The molecule has 0 amide bonds. The van der Waals surface area contributed by atoms with Crippen molar-refractivity contribution in [1.29, 1.82) is 0 Å². The predicted octanol–water partition coefficient (Wildman–Crippen LogP) is 4.00. The van der Waals surface area contributed by atoms with E-state index in [4.69, 9.17) is 11.6 Å². The number of fused-ring (bicyclic) bond motifs is 1. The fraction of sp³-hybridized carbons (Fsp3) is 0.0625. The molecule has 0 atom stereocenters. The maximum Gasteiger partial charge on any atom is 0.0717 e. The molecule has 0 aliphatic heterocycles. The summed E-state index contributed by atoms with van der Waals surface area (Å²) in [6.07, 6.45) is 1.77. The Balaban J connectivity index is 1.73. The van der Waals surface area contributed by atoms with Crippen LogP contribution in [-0.4, -0.2) is 4.98 Å². The third kappa shape index (κ3) is 2.74. The lowest BCUT2D eigenvalue weighted by Gasteiger charge is -2.10. The number of para-hydroxylation sites is 1. The minimum Gasteiger partial charge on any atom is -0.321 e. The molecule has 3 aromatic rings. The van der Waals surface area contributed by atoms with Crippen molar-refractivity contribution in [3.8, 4) is 0 Å². The SMILES string of the molecule is Clc1c(CNNc2ccccc2)ccc2ncccc12. The summed E-state index contributed by atoms with van der Waals surface area (Å²) in [6, 6.07) is 17.8. The summed E-state index contributed by atoms with van der Waals surface area (Å²) >= 11 is 6.42. The number of aromatic nitrogens is 1. The lowest BCUT2D eigenvalue weighted by atomic mass is 10.1. The molecule has 100 valence electrons. The summed E-state index contributed by atoms with van der Waals surface area (Å²) in [4.78, 5) is 4.29. The van der Waals surface area contributed by atoms with Crippen molar-refractivity contribution in [3.05, 3.63) is 71.4 Å². The van der Waals surface area contributed by atoms with Crippen molar-refractivity contribution in [3.63, 3.8) is 0 Å². The Hall–Kier alpha value is -2.10. The molecule has 20 heavy (non-hydrogen) atoms. The summed E-state index contributed by atoms with van der Waals surface area (Å²) in [5, 5.41) is 1.73. The second kappa shape index (κ2) is 5.90. The van der Waals surface area contributed by atoms with Gasteiger partial charge in [0.05, 0.1) is 10.5 Å². The number of hydrogen-bond donors (Lipinski definition) is 2. The normalized spacial score (nSPS) is 10.7. The molecule has 0 bridgehead atoms. The van der Waals surface area contributed by atoms with Crippen LogP contribution < -0.4 is 10.9 Å². The van der Waals surface area contributed by atoms with Gasteiger partial charge in [-0.3, -0.25) is 4.98 Å². The molecule has 0 saturated heterocycles. The third-order valence-corrected chi connectivity index (χ3v) is 3.53. The number of hydrazine groups is 1. The van der Waals surface area contributed by atoms with E-state index < -0.39 is 0 Å². The molecule has 2 N–H and O–H groups in total. The van der Waals surface area contributed by atoms with Gasteiger partial charge in [-0.25, -0.2) is 5.43 Å². The molecule has 0 radical (unpaired) electrons. The number of benzene rings is 2. The van der Waals surface area contributed by atoms with Crippen LogP contribution in [0.2, 0.25) is 5.02 Å². The summed E-state index contributed by atoms with van der Waals surface area (Å²) in [6.45, 7) is 0.637. The second-order valence-corrected chi connectivity index (χ2v) is 4.83. The topological polar surface area (TPSA) is 37.0 Å². The predicted molar refractivity (Wildman–Crippen MR) is 83.7 cm³/mol. The fourth-order valence-corrected chi connectivity index (χ4v) is 2.35. The zero-order valence-electron chi connectivity index (χ0n) is 10.8. The Labute approximate surface area is 122 Å². The monoisotopic (exact) mass is 283 g/mol. The van der Waals surface area contributed by atoms with Gasteiger partial charge in [-0.15, -0.1) is 0 Å². The zero-order chi connectivity index (χ0) is 13.8. The average molecular weight is 284 g/mol. The first-order valence-corrected chi connectivity index (χ1v) is 6.78. The van der Waals surface area contributed by atoms with E-state index in [2.05, 4.69) is 15.8 Å². The van der Waals surface area contributed by atoms with Crippen molar-refractivity contribution in [1.82, 2.24) is 10.4 Å². The lowest BCUT2D eigenvalue weighted by Crippen LogP contribution is -2.20. The van der Waals surface area contributed by atoms with Crippen LogP contribution in [0.15, 0.2) is 60.8 Å². The van der Waals surface area contributed by atoms with Crippen molar-refractivity contribution in [2.45, 2.75) is 6.54 Å². The molecule has 0 spiro atoms. The molecule has 2 aromatic carbocycles. The van der Waals surface area contributed by atoms with Crippen LogP contribution in [0.1, 0.15) is 5.56 Å². The number of rotatable bonds is 4. The van der Waals surface area contributed by atoms with E-state index in [0.29, 0.717) is 6.54 Å². The molecule has 3 nitrogen and oxygen atoms in total. The molecule has 0 aliphatic carbocycles. The molecule has 3 rings (SSSR count). The Morgan fingerprint density at radius 1 is 0.950 bits per heavy atom. The maximum absolute atomic E-state index is 6.42. The van der Waals surface area contributed by atoms with Gasteiger partial charge in [0.2, 0.25) is 0 Å². The highest BCUT2D eigenvalue weighted by molar-refractivity contribution is 6.36. The number of pyridine rings is 1. The van der Waals surface area contributed by atoms with Crippen molar-refractivity contribution in [2.24, 2.45) is 0 Å². The van der Waals surface area contributed by atoms with Crippen molar-refractivity contribution < 1.29 is 0 Å². The van der Waals surface area contributed by atoms with Gasteiger partial charge in [0, 0.05) is 23.8 Å². The van der Waals surface area contributed by atoms with Gasteiger partial charge < -0.3 is 5.43 Å². The fourth-order valence-electron chi connectivity index (χ4n) is 2.06. The lowest BCUT2D eigenvalue weighted by molar-refractivity contribution is 0.802. The van der Waals surface area contributed by atoms with Crippen LogP contribution in [0.25, 0.3) is 10.9 Å². The maximum atomic E-state index is 6.42. The summed E-state index contributed by atoms with van der Waals surface area (Å²) < 4.78 is 0. The van der Waals surface area contributed by atoms with Gasteiger partial charge >= 0.3 is 0 Å². The minimum atomic E-state index is 0.637. The Morgan fingerprint density at radius 2 is 1.80 bits per heavy atom. The van der Waals surface area contributed by atoms with Gasteiger partial charge in [0.1, 0.15) is 0 Å². The highest BCUT2D eigenvalue weighted by atomic mass is 35.5. The summed E-state index contributed by atoms with van der Waals surface area (Å²) in [5.41, 5.74) is 9.28. The van der Waals surface area contributed by atoms with E-state index in [1.165, 1.54) is 0 Å². The number of anilines is 1. The number of hydrogen-bond acceptors (Lipinski definition) is 3. The van der Waals surface area contributed by atoms with Crippen LogP contribution in [-0.2, 0) is 6.54 Å². The van der Waals surface area contributed by atoms with Gasteiger partial charge in [-0.2, -0.15) is 0 Å². The van der Waals surface area contributed by atoms with E-state index in [-0.39, 0.29) is 0 Å². The van der Waals surface area contributed by atoms with Crippen LogP contribution in [0, 0.1) is 0 Å². The first-order chi connectivity index (χ1) is 9.84. The number of halogens is 1. The minimum absolute atomic E-state index is 0.637. The van der Waals surface area contributed by atoms with E-state index in [1.807, 2.05) is 54.6 Å². The van der Waals surface area contributed by atoms with Crippen molar-refractivity contribution in [2.75, 3.05) is 5.43 Å². The second-order valence-electron chi connectivity index (χ2n) is 4.45.